The van der Waals surface area contributed by atoms with Crippen LogP contribution in [0, 0.1) is 0 Å². The Morgan fingerprint density at radius 3 is 2.30 bits per heavy atom. The zero-order chi connectivity index (χ0) is 13.9. The van der Waals surface area contributed by atoms with Gasteiger partial charge in [-0.2, -0.15) is 0 Å². The molecule has 1 aromatic carbocycles. The molecule has 0 bridgehead atoms. The normalized spacial score (nSPS) is 19.6. The highest BCUT2D eigenvalue weighted by Gasteiger charge is 2.25. The monoisotopic (exact) mass is 273 g/mol. The predicted octanol–water partition coefficient (Wildman–Crippen LogP) is 3.39. The fraction of sp³-hybridized carbons (Fsp3) is 0.588. The number of nitrogens with zero attached hydrogens (tertiary/aromatic N) is 1. The lowest BCUT2D eigenvalue weighted by molar-refractivity contribution is -0.139. The van der Waals surface area contributed by atoms with E-state index in [1.54, 1.807) is 0 Å². The molecule has 0 spiro atoms. The molecular weight excluding hydrogens is 250 g/mol. The molecule has 2 saturated carbocycles. The van der Waals surface area contributed by atoms with Crippen LogP contribution in [0.3, 0.4) is 0 Å². The van der Waals surface area contributed by atoms with Gasteiger partial charge in [0.15, 0.2) is 0 Å². The number of hydrogen-bond donors (Lipinski definition) is 1. The highest BCUT2D eigenvalue weighted by Crippen LogP contribution is 2.40. The molecule has 0 aliphatic heterocycles. The number of hydrogen-bond acceptors (Lipinski definition) is 2. The summed E-state index contributed by atoms with van der Waals surface area (Å²) in [6, 6.07) is 9.25. The quantitative estimate of drug-likeness (QED) is 0.863. The molecule has 20 heavy (non-hydrogen) atoms. The molecule has 0 unspecified atom stereocenters. The van der Waals surface area contributed by atoms with Crippen molar-refractivity contribution in [3.63, 3.8) is 0 Å². The fourth-order valence-electron chi connectivity index (χ4n) is 3.30. The average molecular weight is 273 g/mol. The average Bonchev–Trinajstić information content (AvgIpc) is 3.13. The van der Waals surface area contributed by atoms with Crippen molar-refractivity contribution in [1.82, 2.24) is 4.90 Å². The number of carbonyl (C=O) groups is 1. The number of carboxylic acid groups (broad SMARTS) is 1. The van der Waals surface area contributed by atoms with E-state index in [4.69, 9.17) is 5.11 Å². The van der Waals surface area contributed by atoms with Crippen LogP contribution in [0.25, 0.3) is 0 Å². The molecule has 3 nitrogen and oxygen atoms in total. The van der Waals surface area contributed by atoms with Crippen molar-refractivity contribution in [2.45, 2.75) is 57.0 Å². The number of carboxylic acids is 1. The summed E-state index contributed by atoms with van der Waals surface area (Å²) in [6.45, 7) is 0.928. The third kappa shape index (κ3) is 3.40. The minimum absolute atomic E-state index is 0.162. The van der Waals surface area contributed by atoms with Gasteiger partial charge in [-0.15, -0.1) is 0 Å². The van der Waals surface area contributed by atoms with Crippen LogP contribution in [-0.4, -0.2) is 28.6 Å². The second kappa shape index (κ2) is 5.96. The van der Waals surface area contributed by atoms with E-state index in [2.05, 4.69) is 29.2 Å². The third-order valence-electron chi connectivity index (χ3n) is 4.59. The summed E-state index contributed by atoms with van der Waals surface area (Å²) in [5.74, 6) is 0.0699. The lowest BCUT2D eigenvalue weighted by atomic mass is 10.1. The van der Waals surface area contributed by atoms with E-state index in [0.29, 0.717) is 6.04 Å². The summed E-state index contributed by atoms with van der Waals surface area (Å²) >= 11 is 0. The van der Waals surface area contributed by atoms with Crippen molar-refractivity contribution in [1.29, 1.82) is 0 Å². The van der Waals surface area contributed by atoms with Crippen LogP contribution in [0.4, 0.5) is 0 Å². The number of rotatable bonds is 6. The van der Waals surface area contributed by atoms with Gasteiger partial charge in [-0.1, -0.05) is 37.1 Å². The Morgan fingerprint density at radius 2 is 1.75 bits per heavy atom. The van der Waals surface area contributed by atoms with Gasteiger partial charge in [0.25, 0.3) is 0 Å². The van der Waals surface area contributed by atoms with E-state index < -0.39 is 5.97 Å². The van der Waals surface area contributed by atoms with Crippen LogP contribution in [0.2, 0.25) is 0 Å². The summed E-state index contributed by atoms with van der Waals surface area (Å²) in [5, 5.41) is 9.11. The van der Waals surface area contributed by atoms with E-state index in [0.717, 1.165) is 25.3 Å². The van der Waals surface area contributed by atoms with Crippen molar-refractivity contribution in [3.8, 4) is 0 Å². The maximum atomic E-state index is 11.1. The zero-order valence-electron chi connectivity index (χ0n) is 11.9. The van der Waals surface area contributed by atoms with Gasteiger partial charge in [-0.3, -0.25) is 9.69 Å². The standard InChI is InChI=1S/C17H23NO2/c19-17(20)12-18(16-3-1-2-4-16)11-13-5-7-14(8-6-13)15-9-10-15/h5-8,15-16H,1-4,9-12H2,(H,19,20). The van der Waals surface area contributed by atoms with Crippen molar-refractivity contribution >= 4 is 5.97 Å². The van der Waals surface area contributed by atoms with Crippen molar-refractivity contribution in [2.24, 2.45) is 0 Å². The Hall–Kier alpha value is -1.35. The van der Waals surface area contributed by atoms with Crippen LogP contribution in [0.15, 0.2) is 24.3 Å². The Balaban J connectivity index is 1.65. The largest absolute Gasteiger partial charge is 0.480 e. The summed E-state index contributed by atoms with van der Waals surface area (Å²) in [7, 11) is 0. The summed E-state index contributed by atoms with van der Waals surface area (Å²) < 4.78 is 0. The van der Waals surface area contributed by atoms with E-state index in [1.165, 1.54) is 36.8 Å². The van der Waals surface area contributed by atoms with Crippen molar-refractivity contribution in [3.05, 3.63) is 35.4 Å². The van der Waals surface area contributed by atoms with Gasteiger partial charge in [0.05, 0.1) is 6.54 Å². The lowest BCUT2D eigenvalue weighted by Gasteiger charge is -2.27. The smallest absolute Gasteiger partial charge is 0.317 e. The fourth-order valence-corrected chi connectivity index (χ4v) is 3.30. The van der Waals surface area contributed by atoms with Gasteiger partial charge in [-0.05, 0) is 42.7 Å². The molecule has 3 rings (SSSR count). The molecular formula is C17H23NO2. The third-order valence-corrected chi connectivity index (χ3v) is 4.59. The van der Waals surface area contributed by atoms with E-state index in [1.807, 2.05) is 0 Å². The predicted molar refractivity (Wildman–Crippen MR) is 78.7 cm³/mol. The van der Waals surface area contributed by atoms with Gasteiger partial charge < -0.3 is 5.11 Å². The molecule has 1 aromatic rings. The maximum absolute atomic E-state index is 11.1. The first-order valence-electron chi connectivity index (χ1n) is 7.77. The first-order valence-corrected chi connectivity index (χ1v) is 7.77. The highest BCUT2D eigenvalue weighted by molar-refractivity contribution is 5.69. The van der Waals surface area contributed by atoms with Crippen LogP contribution < -0.4 is 0 Å². The minimum atomic E-state index is -0.716. The summed E-state index contributed by atoms with van der Waals surface area (Å²) in [4.78, 5) is 13.2. The molecule has 0 heterocycles. The maximum Gasteiger partial charge on any atom is 0.317 e. The lowest BCUT2D eigenvalue weighted by Crippen LogP contribution is -2.37. The molecule has 2 fully saturated rings. The summed E-state index contributed by atoms with van der Waals surface area (Å²) in [6.07, 6.45) is 7.42. The van der Waals surface area contributed by atoms with Gasteiger partial charge in [0.1, 0.15) is 0 Å². The molecule has 0 saturated heterocycles. The molecule has 0 atom stereocenters. The Bertz CT molecular complexity index is 458. The van der Waals surface area contributed by atoms with E-state index >= 15 is 0 Å². The molecule has 0 aromatic heterocycles. The first kappa shape index (κ1) is 13.6. The van der Waals surface area contributed by atoms with Gasteiger partial charge in [0, 0.05) is 12.6 Å². The Kier molecular flexibility index (Phi) is 4.06. The van der Waals surface area contributed by atoms with Crippen LogP contribution in [-0.2, 0) is 11.3 Å². The van der Waals surface area contributed by atoms with Crippen LogP contribution in [0.5, 0.6) is 0 Å². The topological polar surface area (TPSA) is 40.5 Å². The van der Waals surface area contributed by atoms with Gasteiger partial charge in [-0.25, -0.2) is 0 Å². The second-order valence-electron chi connectivity index (χ2n) is 6.25. The molecule has 1 N–H and O–H groups in total. The van der Waals surface area contributed by atoms with Gasteiger partial charge in [0.2, 0.25) is 0 Å². The zero-order valence-corrected chi connectivity index (χ0v) is 11.9. The SMILES string of the molecule is O=C(O)CN(Cc1ccc(C2CC2)cc1)C1CCCC1. The molecule has 3 heteroatoms. The summed E-state index contributed by atoms with van der Waals surface area (Å²) in [5.41, 5.74) is 2.68. The van der Waals surface area contributed by atoms with Crippen LogP contribution >= 0.6 is 0 Å². The minimum Gasteiger partial charge on any atom is -0.480 e. The second-order valence-corrected chi connectivity index (χ2v) is 6.25. The van der Waals surface area contributed by atoms with E-state index in [-0.39, 0.29) is 6.54 Å². The van der Waals surface area contributed by atoms with Gasteiger partial charge >= 0.3 is 5.97 Å². The molecule has 0 amide bonds. The van der Waals surface area contributed by atoms with Crippen molar-refractivity contribution in [2.75, 3.05) is 6.54 Å². The molecule has 2 aliphatic rings. The molecule has 108 valence electrons. The molecule has 2 aliphatic carbocycles. The van der Waals surface area contributed by atoms with Crippen LogP contribution in [0.1, 0.15) is 55.6 Å². The number of aliphatic carboxylic acids is 1. The van der Waals surface area contributed by atoms with E-state index in [9.17, 15) is 4.79 Å². The highest BCUT2D eigenvalue weighted by atomic mass is 16.4. The first-order chi connectivity index (χ1) is 9.72. The Morgan fingerprint density at radius 1 is 1.10 bits per heavy atom. The van der Waals surface area contributed by atoms with Crippen molar-refractivity contribution < 1.29 is 9.90 Å². The molecule has 0 radical (unpaired) electrons. The Labute approximate surface area is 120 Å². The number of benzene rings is 1.